The molecule has 0 unspecified atom stereocenters. The molecule has 0 saturated heterocycles. The van der Waals surface area contributed by atoms with Crippen LogP contribution in [0.15, 0.2) is 95.0 Å². The fourth-order valence-corrected chi connectivity index (χ4v) is 8.82. The number of nitrogens with two attached hydrogens (primary N) is 3. The topological polar surface area (TPSA) is 334 Å². The average molecular weight is 1040 g/mol. The standard InChI is InChI=1S/C52H66N10O11S/c1-61(2)32-14-19-36-43(25-32)73-44-26-33(62(3)4)15-20-37(44)47(36)35-18-13-31(24-38(35)51(69)70)56-46(65)29-74-28-42(57-45(64)27-55)50(68)60-41(23-30-11-16-34(63)17-12-30)49(67)58-39(9-5-7-21-53)48(66)59-40(52(71)72)10-6-8-22-54/h11-20,24-26,39-42,63H,5-10,21-23,27-29,53-55H2,1-4H3,(H,57,64)(H,58,67)(H,59,66)(H,60,68)(H,69,70)(H,71,72)/t39-,40-,41-,42-/m0/s1. The highest BCUT2D eigenvalue weighted by Crippen LogP contribution is 2.48. The van der Waals surface area contributed by atoms with Crippen molar-refractivity contribution in [2.75, 3.05) is 69.1 Å². The number of amides is 5. The molecule has 0 spiro atoms. The number of thioether (sulfide) groups is 1. The summed E-state index contributed by atoms with van der Waals surface area (Å²) in [6.07, 6.45) is 6.34. The highest BCUT2D eigenvalue weighted by molar-refractivity contribution is 8.00. The Morgan fingerprint density at radius 2 is 1.22 bits per heavy atom. The number of ether oxygens (including phenoxy) is 1. The molecule has 3 aromatic carbocycles. The highest BCUT2D eigenvalue weighted by atomic mass is 32.2. The van der Waals surface area contributed by atoms with Crippen molar-refractivity contribution in [2.45, 2.75) is 69.1 Å². The number of hydrogen-bond acceptors (Lipinski definition) is 15. The maximum absolute atomic E-state index is 14.1. The normalized spacial score (nSPS) is 14.7. The van der Waals surface area contributed by atoms with Crippen LogP contribution in [-0.2, 0) is 40.0 Å². The summed E-state index contributed by atoms with van der Waals surface area (Å²) in [5.74, 6) is -5.85. The van der Waals surface area contributed by atoms with Gasteiger partial charge in [0.05, 0.1) is 23.6 Å². The number of carboxylic acids is 2. The number of rotatable bonds is 26. The number of allylic oxidation sites excluding steroid dienone is 3. The van der Waals surface area contributed by atoms with E-state index >= 15 is 0 Å². The maximum atomic E-state index is 14.1. The van der Waals surface area contributed by atoms with E-state index in [2.05, 4.69) is 26.3 Å². The summed E-state index contributed by atoms with van der Waals surface area (Å²) in [5.41, 5.74) is 21.4. The third-order valence-corrected chi connectivity index (χ3v) is 13.0. The van der Waals surface area contributed by atoms with E-state index in [1.165, 1.54) is 36.4 Å². The number of aromatic hydroxyl groups is 1. The number of aliphatic imine (C=N–C) groups is 1. The van der Waals surface area contributed by atoms with E-state index in [0.29, 0.717) is 78.1 Å². The molecule has 22 heteroatoms. The maximum Gasteiger partial charge on any atom is 0.336 e. The number of fused-ring (bicyclic) bond motifs is 2. The lowest BCUT2D eigenvalue weighted by molar-refractivity contribution is -0.142. The molecule has 0 saturated carbocycles. The summed E-state index contributed by atoms with van der Waals surface area (Å²) >= 11 is 0.931. The van der Waals surface area contributed by atoms with Gasteiger partial charge in [0.1, 0.15) is 41.4 Å². The van der Waals surface area contributed by atoms with Crippen molar-refractivity contribution in [3.8, 4) is 17.2 Å². The Hall–Kier alpha value is -7.53. The number of hydrogen-bond donors (Lipinski definition) is 10. The van der Waals surface area contributed by atoms with Gasteiger partial charge >= 0.3 is 11.9 Å². The first-order chi connectivity index (χ1) is 35.3. The summed E-state index contributed by atoms with van der Waals surface area (Å²) in [4.78, 5) is 101. The fraction of sp³-hybridized carbons (Fsp3) is 0.385. The van der Waals surface area contributed by atoms with Gasteiger partial charge in [-0.3, -0.25) is 24.0 Å². The van der Waals surface area contributed by atoms with E-state index in [1.54, 1.807) is 6.08 Å². The van der Waals surface area contributed by atoms with E-state index < -0.39 is 72.2 Å². The smallest absolute Gasteiger partial charge is 0.336 e. The van der Waals surface area contributed by atoms with Crippen LogP contribution < -0.4 is 53.0 Å². The number of phenols is 1. The second-order valence-corrected chi connectivity index (χ2v) is 19.0. The molecule has 2 aliphatic rings. The number of nitrogens with zero attached hydrogens (tertiary/aromatic N) is 3. The molecular weight excluding hydrogens is 973 g/mol. The summed E-state index contributed by atoms with van der Waals surface area (Å²) in [7, 11) is 7.60. The van der Waals surface area contributed by atoms with Gasteiger partial charge in [0, 0.05) is 80.6 Å². The minimum atomic E-state index is -1.38. The number of unbranched alkanes of at least 4 members (excludes halogenated alkanes) is 2. The van der Waals surface area contributed by atoms with Gasteiger partial charge in [-0.2, -0.15) is 0 Å². The molecular formula is C52H66N10O11S. The van der Waals surface area contributed by atoms with Crippen molar-refractivity contribution in [3.63, 3.8) is 0 Å². The predicted molar refractivity (Wildman–Crippen MR) is 284 cm³/mol. The van der Waals surface area contributed by atoms with Crippen LogP contribution in [0.5, 0.6) is 17.2 Å². The van der Waals surface area contributed by atoms with Crippen LogP contribution in [0, 0.1) is 0 Å². The molecule has 0 aromatic heterocycles. The lowest BCUT2D eigenvalue weighted by atomic mass is 9.84. The number of carbonyl (C=O) groups excluding carboxylic acids is 5. The summed E-state index contributed by atoms with van der Waals surface area (Å²) < 4.78 is 6.40. The van der Waals surface area contributed by atoms with Crippen molar-refractivity contribution in [2.24, 2.45) is 22.2 Å². The molecule has 0 radical (unpaired) electrons. The van der Waals surface area contributed by atoms with Gasteiger partial charge in [0.2, 0.25) is 23.6 Å². The first-order valence-corrected chi connectivity index (χ1v) is 25.2. The molecule has 13 N–H and O–H groups in total. The van der Waals surface area contributed by atoms with Crippen LogP contribution in [0.25, 0.3) is 5.57 Å². The first-order valence-electron chi connectivity index (χ1n) is 24.0. The van der Waals surface area contributed by atoms with E-state index in [4.69, 9.17) is 21.9 Å². The lowest BCUT2D eigenvalue weighted by Crippen LogP contribution is -2.59. The Morgan fingerprint density at radius 1 is 0.676 bits per heavy atom. The third kappa shape index (κ3) is 16.0. The molecule has 396 valence electrons. The van der Waals surface area contributed by atoms with Crippen molar-refractivity contribution in [1.82, 2.24) is 21.3 Å². The molecule has 1 aliphatic carbocycles. The van der Waals surface area contributed by atoms with Crippen LogP contribution in [-0.4, -0.2) is 146 Å². The first kappa shape index (κ1) is 57.4. The highest BCUT2D eigenvalue weighted by Gasteiger charge is 2.33. The van der Waals surface area contributed by atoms with Crippen LogP contribution in [0.4, 0.5) is 11.4 Å². The van der Waals surface area contributed by atoms with Gasteiger partial charge in [0.25, 0.3) is 5.91 Å². The molecule has 1 aliphatic heterocycles. The van der Waals surface area contributed by atoms with Crippen molar-refractivity contribution in [1.29, 1.82) is 0 Å². The largest absolute Gasteiger partial charge is 0.508 e. The molecule has 4 atom stereocenters. The minimum absolute atomic E-state index is 0.0545. The Bertz CT molecular complexity index is 2630. The molecule has 5 amide bonds. The predicted octanol–water partition coefficient (Wildman–Crippen LogP) is 2.20. The van der Waals surface area contributed by atoms with Gasteiger partial charge in [-0.15, -0.1) is 11.8 Å². The number of benzene rings is 3. The molecule has 74 heavy (non-hydrogen) atoms. The SMILES string of the molecule is CN(C)c1ccc2c(c1)Oc1cc(N(C)C)ccc1C2=C1C=CC(=NC(=O)CSC[C@H](NC(=O)CN)C(=O)N[C@@H](Cc2ccc(O)cc2)C(=O)N[C@@H](CCCCN)C(=O)N[C@@H](CCCCN)C(=O)O)C=C1C(=O)O. The van der Waals surface area contributed by atoms with E-state index in [1.807, 2.05) is 74.4 Å². The van der Waals surface area contributed by atoms with Crippen molar-refractivity contribution >= 4 is 75.9 Å². The van der Waals surface area contributed by atoms with Crippen LogP contribution in [0.3, 0.4) is 0 Å². The van der Waals surface area contributed by atoms with Gasteiger partial charge < -0.3 is 68.3 Å². The van der Waals surface area contributed by atoms with Crippen LogP contribution in [0.2, 0.25) is 0 Å². The number of nitrogens with one attached hydrogen (secondary N) is 4. The average Bonchev–Trinajstić information content (AvgIpc) is 3.36. The zero-order valence-corrected chi connectivity index (χ0v) is 42.7. The Labute approximate surface area is 433 Å². The Morgan fingerprint density at radius 3 is 1.76 bits per heavy atom. The van der Waals surface area contributed by atoms with Crippen molar-refractivity contribution < 1.29 is 53.6 Å². The van der Waals surface area contributed by atoms with Crippen LogP contribution >= 0.6 is 11.8 Å². The molecule has 0 fully saturated rings. The van der Waals surface area contributed by atoms with Gasteiger partial charge in [-0.25, -0.2) is 14.6 Å². The van der Waals surface area contributed by atoms with Gasteiger partial charge in [-0.05, 0) is 111 Å². The molecule has 5 rings (SSSR count). The summed E-state index contributed by atoms with van der Waals surface area (Å²) in [5, 5.41) is 40.6. The second kappa shape index (κ2) is 27.5. The van der Waals surface area contributed by atoms with E-state index in [0.717, 1.165) is 23.1 Å². The Kier molecular flexibility index (Phi) is 21.3. The quantitative estimate of drug-likeness (QED) is 0.0403. The monoisotopic (exact) mass is 1040 g/mol. The fourth-order valence-electron chi connectivity index (χ4n) is 7.99. The van der Waals surface area contributed by atoms with E-state index in [9.17, 15) is 48.9 Å². The lowest BCUT2D eigenvalue weighted by Gasteiger charge is -2.28. The molecule has 3 aromatic rings. The Balaban J connectivity index is 1.36. The van der Waals surface area contributed by atoms with Crippen LogP contribution in [0.1, 0.15) is 55.2 Å². The molecule has 1 heterocycles. The zero-order chi connectivity index (χ0) is 54.1. The number of carbonyl (C=O) groups is 7. The molecule has 0 bridgehead atoms. The zero-order valence-electron chi connectivity index (χ0n) is 41.9. The number of aliphatic carboxylic acids is 2. The number of anilines is 2. The third-order valence-electron chi connectivity index (χ3n) is 12.0. The van der Waals surface area contributed by atoms with E-state index in [-0.39, 0.29) is 47.8 Å². The molecule has 21 nitrogen and oxygen atoms in total. The van der Waals surface area contributed by atoms with Crippen molar-refractivity contribution in [3.05, 3.63) is 107 Å². The van der Waals surface area contributed by atoms with Gasteiger partial charge in [-0.1, -0.05) is 18.2 Å². The second-order valence-electron chi connectivity index (χ2n) is 18.0. The minimum Gasteiger partial charge on any atom is -0.508 e. The number of phenolic OH excluding ortho intramolecular Hbond substituents is 1. The summed E-state index contributed by atoms with van der Waals surface area (Å²) in [6.45, 7) is 0.134. The van der Waals surface area contributed by atoms with Gasteiger partial charge in [0.15, 0.2) is 0 Å². The summed E-state index contributed by atoms with van der Waals surface area (Å²) in [6, 6.07) is 11.9. The number of carboxylic acid groups (broad SMARTS) is 2.